The van der Waals surface area contributed by atoms with E-state index in [1.807, 2.05) is 0 Å². The Hall–Kier alpha value is -1.98. The number of nitrogens with zero attached hydrogens (tertiary/aromatic N) is 1. The van der Waals surface area contributed by atoms with Crippen LogP contribution in [0, 0.1) is 10.7 Å². The first kappa shape index (κ1) is 9.11. The molecule has 5 nitrogen and oxygen atoms in total. The molecule has 13 heavy (non-hydrogen) atoms. The van der Waals surface area contributed by atoms with Crippen LogP contribution in [0.15, 0.2) is 18.2 Å². The topological polar surface area (TPSA) is 77.6 Å². The van der Waals surface area contributed by atoms with Gasteiger partial charge in [0.1, 0.15) is 5.82 Å². The number of hydrogen-bond donors (Lipinski definition) is 2. The second-order valence-corrected chi connectivity index (χ2v) is 2.24. The summed E-state index contributed by atoms with van der Waals surface area (Å²) in [7, 11) is 0. The van der Waals surface area contributed by atoms with Gasteiger partial charge in [-0.25, -0.2) is 14.4 Å². The van der Waals surface area contributed by atoms with Crippen molar-refractivity contribution in [3.05, 3.63) is 34.5 Å². The fraction of sp³-hybridized carbons (Fsp3) is 0. The van der Waals surface area contributed by atoms with Crippen LogP contribution >= 0.6 is 0 Å². The molecule has 0 fully saturated rings. The van der Waals surface area contributed by atoms with Gasteiger partial charge in [-0.15, -0.1) is 0 Å². The number of carboxylic acid groups (broad SMARTS) is 1. The summed E-state index contributed by atoms with van der Waals surface area (Å²) in [6.07, 6.45) is 0. The minimum Gasteiger partial charge on any atom is -0.478 e. The Morgan fingerprint density at radius 2 is 2.08 bits per heavy atom. The number of carbonyl (C=O) groups is 1. The molecule has 0 aliphatic carbocycles. The van der Waals surface area contributed by atoms with Gasteiger partial charge in [0.2, 0.25) is 0 Å². The molecule has 1 rings (SSSR count). The molecule has 2 N–H and O–H groups in total. The summed E-state index contributed by atoms with van der Waals surface area (Å²) in [5, 5.41) is 16.7. The number of hydrogen-bond acceptors (Lipinski definition) is 2. The molecule has 68 valence electrons. The van der Waals surface area contributed by atoms with Crippen LogP contribution in [-0.2, 0) is 0 Å². The Kier molecular flexibility index (Phi) is 2.23. The summed E-state index contributed by atoms with van der Waals surface area (Å²) in [4.78, 5) is 20.0. The zero-order valence-electron chi connectivity index (χ0n) is 6.27. The van der Waals surface area contributed by atoms with Crippen molar-refractivity contribution in [2.75, 3.05) is 0 Å². The first-order valence-corrected chi connectivity index (χ1v) is 3.21. The summed E-state index contributed by atoms with van der Waals surface area (Å²) in [5.41, 5.74) is -0.909. The van der Waals surface area contributed by atoms with Gasteiger partial charge in [-0.2, -0.15) is 0 Å². The summed E-state index contributed by atoms with van der Waals surface area (Å²) in [5.74, 6) is -2.50. The Labute approximate surface area is 71.6 Å². The summed E-state index contributed by atoms with van der Waals surface area (Å²) in [6, 6.07) is 2.53. The maximum atomic E-state index is 12.8. The third kappa shape index (κ3) is 1.78. The predicted molar refractivity (Wildman–Crippen MR) is 38.4 cm³/mol. The largest absolute Gasteiger partial charge is 0.478 e. The molecule has 0 aliphatic rings. The highest BCUT2D eigenvalue weighted by Gasteiger charge is 2.17. The summed E-state index contributed by atoms with van der Waals surface area (Å²) >= 11 is 0. The molecule has 1 aromatic carbocycles. The lowest BCUT2D eigenvalue weighted by molar-refractivity contribution is -0.729. The molecule has 0 saturated carbocycles. The summed E-state index contributed by atoms with van der Waals surface area (Å²) < 4.78 is 12.8. The molecule has 0 bridgehead atoms. The predicted octanol–water partition coefficient (Wildman–Crippen LogP) is 1.32. The fourth-order valence-corrected chi connectivity index (χ4v) is 0.796. The molecular formula is C7H5FNO4+. The minimum absolute atomic E-state index is 0.359. The Morgan fingerprint density at radius 1 is 1.46 bits per heavy atom. The second kappa shape index (κ2) is 3.18. The Balaban J connectivity index is 3.20. The van der Waals surface area contributed by atoms with Crippen LogP contribution < -0.4 is 0 Å². The van der Waals surface area contributed by atoms with E-state index in [-0.39, 0.29) is 5.69 Å². The van der Waals surface area contributed by atoms with Crippen molar-refractivity contribution in [1.29, 1.82) is 0 Å². The molecule has 0 spiro atoms. The zero-order chi connectivity index (χ0) is 10.0. The Morgan fingerprint density at radius 3 is 2.46 bits per heavy atom. The van der Waals surface area contributed by atoms with Crippen LogP contribution in [0.4, 0.5) is 10.1 Å². The molecule has 0 aromatic heterocycles. The number of carboxylic acids is 1. The number of rotatable bonds is 2. The van der Waals surface area contributed by atoms with Gasteiger partial charge in [0.15, 0.2) is 0 Å². The van der Waals surface area contributed by atoms with E-state index in [2.05, 4.69) is 0 Å². The highest BCUT2D eigenvalue weighted by molar-refractivity contribution is 5.88. The van der Waals surface area contributed by atoms with E-state index < -0.39 is 22.3 Å². The van der Waals surface area contributed by atoms with E-state index in [0.29, 0.717) is 6.07 Å². The van der Waals surface area contributed by atoms with Gasteiger partial charge in [-0.05, 0) is 6.07 Å². The lowest BCUT2D eigenvalue weighted by Gasteiger charge is -1.93. The van der Waals surface area contributed by atoms with Crippen molar-refractivity contribution in [3.8, 4) is 0 Å². The van der Waals surface area contributed by atoms with Gasteiger partial charge in [0.25, 0.3) is 4.92 Å². The van der Waals surface area contributed by atoms with Crippen molar-refractivity contribution in [2.24, 2.45) is 0 Å². The van der Waals surface area contributed by atoms with Crippen molar-refractivity contribution in [2.45, 2.75) is 0 Å². The molecule has 6 heteroatoms. The van der Waals surface area contributed by atoms with E-state index in [0.717, 1.165) is 12.1 Å². The Bertz CT molecular complexity index is 377. The van der Waals surface area contributed by atoms with E-state index in [1.165, 1.54) is 0 Å². The standard InChI is InChI=1S/C7H4FNO4/c8-6-3-4(9(12)13)1-2-5(6)7(10)11/h1-3H,(H-,10,11,12,13)/p+1. The van der Waals surface area contributed by atoms with Crippen LogP contribution in [0.2, 0.25) is 0 Å². The molecule has 0 saturated heterocycles. The number of aromatic carboxylic acids is 1. The van der Waals surface area contributed by atoms with E-state index in [4.69, 9.17) is 10.3 Å². The monoisotopic (exact) mass is 186 g/mol. The first-order chi connectivity index (χ1) is 6.02. The SMILES string of the molecule is O=C(O)c1ccc([N+](=O)O)cc1F. The van der Waals surface area contributed by atoms with Gasteiger partial charge in [0, 0.05) is 6.07 Å². The molecule has 0 atom stereocenters. The smallest absolute Gasteiger partial charge is 0.338 e. The molecule has 0 radical (unpaired) electrons. The van der Waals surface area contributed by atoms with Gasteiger partial charge in [-0.3, -0.25) is 0 Å². The molecular weight excluding hydrogens is 181 g/mol. The lowest BCUT2D eigenvalue weighted by atomic mass is 10.2. The van der Waals surface area contributed by atoms with Crippen molar-refractivity contribution < 1.29 is 24.4 Å². The van der Waals surface area contributed by atoms with Gasteiger partial charge < -0.3 is 5.11 Å². The molecule has 0 unspecified atom stereocenters. The van der Waals surface area contributed by atoms with E-state index >= 15 is 0 Å². The van der Waals surface area contributed by atoms with Crippen molar-refractivity contribution in [1.82, 2.24) is 0 Å². The first-order valence-electron chi connectivity index (χ1n) is 3.21. The summed E-state index contributed by atoms with van der Waals surface area (Å²) in [6.45, 7) is 0. The van der Waals surface area contributed by atoms with E-state index in [1.54, 1.807) is 0 Å². The molecule has 1 aromatic rings. The highest BCUT2D eigenvalue weighted by Crippen LogP contribution is 2.15. The number of halogens is 1. The normalized spacial score (nSPS) is 9.62. The second-order valence-electron chi connectivity index (χ2n) is 2.24. The zero-order valence-corrected chi connectivity index (χ0v) is 6.27. The van der Waals surface area contributed by atoms with Gasteiger partial charge in [-0.1, -0.05) is 0 Å². The molecule has 0 aliphatic heterocycles. The number of benzene rings is 1. The highest BCUT2D eigenvalue weighted by atomic mass is 19.1. The van der Waals surface area contributed by atoms with Crippen molar-refractivity contribution >= 4 is 11.7 Å². The minimum atomic E-state index is -1.43. The molecule has 0 heterocycles. The van der Waals surface area contributed by atoms with Crippen LogP contribution in [0.5, 0.6) is 0 Å². The van der Waals surface area contributed by atoms with Crippen LogP contribution in [-0.4, -0.2) is 21.2 Å². The maximum Gasteiger partial charge on any atom is 0.338 e. The average molecular weight is 186 g/mol. The lowest BCUT2D eigenvalue weighted by Crippen LogP contribution is -2.01. The van der Waals surface area contributed by atoms with Gasteiger partial charge >= 0.3 is 11.7 Å². The fourth-order valence-electron chi connectivity index (χ4n) is 0.796. The third-order valence-electron chi connectivity index (χ3n) is 1.40. The van der Waals surface area contributed by atoms with Crippen molar-refractivity contribution in [3.63, 3.8) is 0 Å². The average Bonchev–Trinajstić information content (AvgIpc) is 2.03. The van der Waals surface area contributed by atoms with Gasteiger partial charge in [0.05, 0.1) is 16.5 Å². The maximum absolute atomic E-state index is 12.8. The third-order valence-corrected chi connectivity index (χ3v) is 1.40. The molecule has 0 amide bonds. The quantitative estimate of drug-likeness (QED) is 0.683. The van der Waals surface area contributed by atoms with E-state index in [9.17, 15) is 14.1 Å². The van der Waals surface area contributed by atoms with Crippen LogP contribution in [0.25, 0.3) is 0 Å². The van der Waals surface area contributed by atoms with Crippen LogP contribution in [0.1, 0.15) is 10.4 Å². The van der Waals surface area contributed by atoms with Crippen LogP contribution in [0.3, 0.4) is 0 Å².